The molecule has 0 aliphatic carbocycles. The number of phenolic OH excluding ortho intramolecular Hbond substituents is 1. The van der Waals surface area contributed by atoms with Gasteiger partial charge < -0.3 is 19.9 Å². The third kappa shape index (κ3) is 5.60. The molecule has 6 heteroatoms. The summed E-state index contributed by atoms with van der Waals surface area (Å²) >= 11 is 0. The summed E-state index contributed by atoms with van der Waals surface area (Å²) in [6, 6.07) is 22.4. The van der Waals surface area contributed by atoms with Crippen molar-refractivity contribution in [2.75, 3.05) is 11.9 Å². The molecule has 3 aromatic rings. The lowest BCUT2D eigenvalue weighted by Gasteiger charge is -2.09. The quantitative estimate of drug-likeness (QED) is 0.612. The molecule has 0 atom stereocenters. The molecule has 3 rings (SSSR count). The van der Waals surface area contributed by atoms with E-state index in [1.165, 1.54) is 24.3 Å². The molecule has 142 valence electrons. The summed E-state index contributed by atoms with van der Waals surface area (Å²) in [4.78, 5) is 23.8. The Labute approximate surface area is 162 Å². The van der Waals surface area contributed by atoms with Crippen molar-refractivity contribution in [3.63, 3.8) is 0 Å². The third-order valence-corrected chi connectivity index (χ3v) is 3.80. The molecular weight excluding hydrogens is 358 g/mol. The predicted octanol–water partition coefficient (Wildman–Crippen LogP) is 3.77. The molecule has 0 saturated carbocycles. The SMILES string of the molecule is O=C(COC(=O)c1cccc(O)c1)Nc1ccc(OCc2ccccc2)cc1. The summed E-state index contributed by atoms with van der Waals surface area (Å²) < 4.78 is 10.6. The largest absolute Gasteiger partial charge is 0.508 e. The minimum atomic E-state index is -0.685. The number of amides is 1. The van der Waals surface area contributed by atoms with E-state index in [1.807, 2.05) is 30.3 Å². The monoisotopic (exact) mass is 377 g/mol. The second kappa shape index (κ2) is 9.23. The van der Waals surface area contributed by atoms with Gasteiger partial charge >= 0.3 is 5.97 Å². The number of hydrogen-bond donors (Lipinski definition) is 2. The maximum atomic E-state index is 11.9. The van der Waals surface area contributed by atoms with Crippen molar-refractivity contribution in [3.8, 4) is 11.5 Å². The summed E-state index contributed by atoms with van der Waals surface area (Å²) in [5.74, 6) is -0.521. The minimum absolute atomic E-state index is 0.0477. The zero-order valence-electron chi connectivity index (χ0n) is 15.0. The van der Waals surface area contributed by atoms with Gasteiger partial charge in [0.1, 0.15) is 18.1 Å². The predicted molar refractivity (Wildman–Crippen MR) is 104 cm³/mol. The Hall–Kier alpha value is -3.80. The van der Waals surface area contributed by atoms with Gasteiger partial charge in [-0.1, -0.05) is 36.4 Å². The van der Waals surface area contributed by atoms with Gasteiger partial charge in [0.2, 0.25) is 0 Å². The van der Waals surface area contributed by atoms with Crippen molar-refractivity contribution < 1.29 is 24.2 Å². The summed E-state index contributed by atoms with van der Waals surface area (Å²) in [5, 5.41) is 12.0. The molecule has 0 aromatic heterocycles. The van der Waals surface area contributed by atoms with E-state index in [-0.39, 0.29) is 11.3 Å². The highest BCUT2D eigenvalue weighted by atomic mass is 16.5. The molecule has 0 bridgehead atoms. The number of hydrogen-bond acceptors (Lipinski definition) is 5. The zero-order valence-corrected chi connectivity index (χ0v) is 15.0. The lowest BCUT2D eigenvalue weighted by molar-refractivity contribution is -0.119. The summed E-state index contributed by atoms with van der Waals surface area (Å²) in [5.41, 5.74) is 1.80. The third-order valence-electron chi connectivity index (χ3n) is 3.80. The topological polar surface area (TPSA) is 84.9 Å². The fourth-order valence-corrected chi connectivity index (χ4v) is 2.42. The summed E-state index contributed by atoms with van der Waals surface area (Å²) in [6.07, 6.45) is 0. The Balaban J connectivity index is 1.45. The van der Waals surface area contributed by atoms with Gasteiger partial charge in [0, 0.05) is 5.69 Å². The van der Waals surface area contributed by atoms with Crippen molar-refractivity contribution in [1.82, 2.24) is 0 Å². The number of aromatic hydroxyl groups is 1. The summed E-state index contributed by atoms with van der Waals surface area (Å²) in [7, 11) is 0. The number of carbonyl (C=O) groups is 2. The lowest BCUT2D eigenvalue weighted by Crippen LogP contribution is -2.20. The van der Waals surface area contributed by atoms with Gasteiger partial charge in [0.25, 0.3) is 5.91 Å². The first kappa shape index (κ1) is 19.0. The van der Waals surface area contributed by atoms with Crippen LogP contribution in [0.5, 0.6) is 11.5 Å². The first-order chi connectivity index (χ1) is 13.6. The molecule has 6 nitrogen and oxygen atoms in total. The molecule has 0 radical (unpaired) electrons. The first-order valence-corrected chi connectivity index (χ1v) is 8.63. The Bertz CT molecular complexity index is 939. The highest BCUT2D eigenvalue weighted by Gasteiger charge is 2.11. The first-order valence-electron chi connectivity index (χ1n) is 8.63. The van der Waals surface area contributed by atoms with E-state index in [0.29, 0.717) is 18.0 Å². The van der Waals surface area contributed by atoms with Crippen molar-refractivity contribution in [2.24, 2.45) is 0 Å². The van der Waals surface area contributed by atoms with Crippen LogP contribution in [0.4, 0.5) is 5.69 Å². The van der Waals surface area contributed by atoms with Crippen molar-refractivity contribution in [2.45, 2.75) is 6.61 Å². The molecule has 0 heterocycles. The molecular formula is C22H19NO5. The second-order valence-electron chi connectivity index (χ2n) is 5.97. The molecule has 1 amide bonds. The normalized spacial score (nSPS) is 10.1. The Morgan fingerprint density at radius 3 is 2.36 bits per heavy atom. The summed E-state index contributed by atoms with van der Waals surface area (Å²) in [6.45, 7) is 0.0261. The highest BCUT2D eigenvalue weighted by molar-refractivity contribution is 5.95. The maximum Gasteiger partial charge on any atom is 0.338 e. The van der Waals surface area contributed by atoms with Gasteiger partial charge in [-0.25, -0.2) is 4.79 Å². The molecule has 0 fully saturated rings. The van der Waals surface area contributed by atoms with Crippen LogP contribution in [0.1, 0.15) is 15.9 Å². The number of anilines is 1. The smallest absolute Gasteiger partial charge is 0.338 e. The fourth-order valence-electron chi connectivity index (χ4n) is 2.42. The van der Waals surface area contributed by atoms with Crippen LogP contribution in [0.15, 0.2) is 78.9 Å². The molecule has 28 heavy (non-hydrogen) atoms. The van der Waals surface area contributed by atoms with Crippen LogP contribution in [0, 0.1) is 0 Å². The fraction of sp³-hybridized carbons (Fsp3) is 0.0909. The van der Waals surface area contributed by atoms with Gasteiger partial charge in [-0.15, -0.1) is 0 Å². The van der Waals surface area contributed by atoms with E-state index < -0.39 is 18.5 Å². The minimum Gasteiger partial charge on any atom is -0.508 e. The zero-order chi connectivity index (χ0) is 19.8. The van der Waals surface area contributed by atoms with Crippen LogP contribution in [0.3, 0.4) is 0 Å². The highest BCUT2D eigenvalue weighted by Crippen LogP contribution is 2.17. The van der Waals surface area contributed by atoms with E-state index in [0.717, 1.165) is 5.56 Å². The molecule has 0 spiro atoms. The average Bonchev–Trinajstić information content (AvgIpc) is 2.72. The van der Waals surface area contributed by atoms with E-state index >= 15 is 0 Å². The van der Waals surface area contributed by atoms with Crippen molar-refractivity contribution in [1.29, 1.82) is 0 Å². The molecule has 0 aliphatic heterocycles. The van der Waals surface area contributed by atoms with E-state index in [4.69, 9.17) is 9.47 Å². The molecule has 3 aromatic carbocycles. The van der Waals surface area contributed by atoms with Crippen LogP contribution in [-0.2, 0) is 16.1 Å². The van der Waals surface area contributed by atoms with Gasteiger partial charge in [-0.2, -0.15) is 0 Å². The second-order valence-corrected chi connectivity index (χ2v) is 5.97. The molecule has 0 aliphatic rings. The number of esters is 1. The van der Waals surface area contributed by atoms with Gasteiger partial charge in [-0.05, 0) is 48.0 Å². The van der Waals surface area contributed by atoms with Gasteiger partial charge in [0.05, 0.1) is 5.56 Å². The Kier molecular flexibility index (Phi) is 6.25. The maximum absolute atomic E-state index is 11.9. The van der Waals surface area contributed by atoms with Crippen molar-refractivity contribution in [3.05, 3.63) is 90.0 Å². The number of rotatable bonds is 7. The van der Waals surface area contributed by atoms with Crippen LogP contribution >= 0.6 is 0 Å². The number of ether oxygens (including phenoxy) is 2. The number of benzene rings is 3. The standard InChI is InChI=1S/C22H19NO5/c24-19-8-4-7-17(13-19)22(26)28-15-21(25)23-18-9-11-20(12-10-18)27-14-16-5-2-1-3-6-16/h1-13,24H,14-15H2,(H,23,25). The molecule has 0 saturated heterocycles. The van der Waals surface area contributed by atoms with Crippen LogP contribution < -0.4 is 10.1 Å². The molecule has 0 unspecified atom stereocenters. The number of nitrogens with one attached hydrogen (secondary N) is 1. The van der Waals surface area contributed by atoms with Crippen molar-refractivity contribution >= 4 is 17.6 Å². The Morgan fingerprint density at radius 1 is 0.893 bits per heavy atom. The molecule has 2 N–H and O–H groups in total. The van der Waals surface area contributed by atoms with Crippen LogP contribution in [-0.4, -0.2) is 23.6 Å². The van der Waals surface area contributed by atoms with E-state index in [9.17, 15) is 14.7 Å². The lowest BCUT2D eigenvalue weighted by atomic mass is 10.2. The number of phenols is 1. The van der Waals surface area contributed by atoms with E-state index in [1.54, 1.807) is 24.3 Å². The number of carbonyl (C=O) groups excluding carboxylic acids is 2. The van der Waals surface area contributed by atoms with Gasteiger partial charge in [-0.3, -0.25) is 4.79 Å². The van der Waals surface area contributed by atoms with Gasteiger partial charge in [0.15, 0.2) is 6.61 Å². The Morgan fingerprint density at radius 2 is 1.64 bits per heavy atom. The van der Waals surface area contributed by atoms with Crippen LogP contribution in [0.25, 0.3) is 0 Å². The van der Waals surface area contributed by atoms with Crippen LogP contribution in [0.2, 0.25) is 0 Å². The average molecular weight is 377 g/mol. The van der Waals surface area contributed by atoms with E-state index in [2.05, 4.69) is 5.32 Å².